The van der Waals surface area contributed by atoms with Gasteiger partial charge in [0.1, 0.15) is 17.2 Å². The van der Waals surface area contributed by atoms with Gasteiger partial charge in [-0.25, -0.2) is 14.8 Å². The summed E-state index contributed by atoms with van der Waals surface area (Å²) < 4.78 is 99.6. The lowest BCUT2D eigenvalue weighted by Crippen LogP contribution is -2.29. The lowest BCUT2D eigenvalue weighted by atomic mass is 9.87. The summed E-state index contributed by atoms with van der Waals surface area (Å²) in [6.45, 7) is 5.52. The summed E-state index contributed by atoms with van der Waals surface area (Å²) in [5, 5.41) is 8.92. The van der Waals surface area contributed by atoms with Crippen LogP contribution in [0.3, 0.4) is 0 Å². The van der Waals surface area contributed by atoms with E-state index in [1.807, 2.05) is 0 Å². The number of alkyl halides is 7. The summed E-state index contributed by atoms with van der Waals surface area (Å²) in [5.41, 5.74) is 0.433. The van der Waals surface area contributed by atoms with Crippen LogP contribution in [0, 0.1) is 19.8 Å². The Balaban J connectivity index is 0.000000254. The Labute approximate surface area is 292 Å². The topological polar surface area (TPSA) is 108 Å². The Kier molecular flexibility index (Phi) is 12.9. The molecule has 2 heterocycles. The molecule has 266 valence electrons. The molecule has 1 saturated carbocycles. The summed E-state index contributed by atoms with van der Waals surface area (Å²) in [5.74, 6) is 0.724. The third-order valence-electron chi connectivity index (χ3n) is 7.91. The highest BCUT2D eigenvalue weighted by molar-refractivity contribution is 14.1. The van der Waals surface area contributed by atoms with Gasteiger partial charge >= 0.3 is 18.3 Å². The number of hydrogen-bond donors (Lipinski definition) is 1. The molecule has 2 aromatic carbocycles. The summed E-state index contributed by atoms with van der Waals surface area (Å²) in [4.78, 5) is 19.4. The Morgan fingerprint density at radius 3 is 1.94 bits per heavy atom. The van der Waals surface area contributed by atoms with Gasteiger partial charge in [-0.05, 0) is 82.3 Å². The molecule has 0 bridgehead atoms. The van der Waals surface area contributed by atoms with Crippen LogP contribution in [0.2, 0.25) is 0 Å². The van der Waals surface area contributed by atoms with Gasteiger partial charge in [0.2, 0.25) is 11.8 Å². The van der Waals surface area contributed by atoms with Crippen molar-refractivity contribution in [3.8, 4) is 22.9 Å². The van der Waals surface area contributed by atoms with Gasteiger partial charge in [0.05, 0.1) is 36.1 Å². The molecule has 49 heavy (non-hydrogen) atoms. The zero-order chi connectivity index (χ0) is 35.9. The van der Waals surface area contributed by atoms with E-state index < -0.39 is 35.6 Å². The van der Waals surface area contributed by atoms with Crippen LogP contribution in [0.1, 0.15) is 66.6 Å². The number of hydrogen-bond acceptors (Lipinski definition) is 7. The molecule has 5 rings (SSSR count). The Hall–Kier alpha value is -3.44. The molecular formula is C34H35F6IN2O6. The average Bonchev–Trinajstić information content (AvgIpc) is 3.63. The maximum absolute atomic E-state index is 13.0. The molecule has 1 aliphatic rings. The van der Waals surface area contributed by atoms with Gasteiger partial charge in [-0.15, -0.1) is 0 Å². The first-order valence-electron chi connectivity index (χ1n) is 15.3. The Morgan fingerprint density at radius 1 is 0.918 bits per heavy atom. The fourth-order valence-electron chi connectivity index (χ4n) is 5.11. The van der Waals surface area contributed by atoms with Gasteiger partial charge in [-0.1, -0.05) is 41.1 Å². The van der Waals surface area contributed by atoms with Crippen molar-refractivity contribution < 1.29 is 54.6 Å². The fraction of sp³-hybridized carbons (Fsp3) is 0.441. The number of carbonyl (C=O) groups is 1. The highest BCUT2D eigenvalue weighted by Gasteiger charge is 2.32. The molecule has 4 aromatic rings. The largest absolute Gasteiger partial charge is 0.479 e. The summed E-state index contributed by atoms with van der Waals surface area (Å²) in [6, 6.07) is 9.83. The van der Waals surface area contributed by atoms with Gasteiger partial charge in [0.25, 0.3) is 0 Å². The van der Waals surface area contributed by atoms with Gasteiger partial charge in [-0.3, -0.25) is 0 Å². The molecule has 2 aromatic heterocycles. The third kappa shape index (κ3) is 10.8. The zero-order valence-electron chi connectivity index (χ0n) is 26.8. The number of aryl methyl sites for hydroxylation is 2. The van der Waals surface area contributed by atoms with E-state index in [-0.39, 0.29) is 36.0 Å². The van der Waals surface area contributed by atoms with Crippen molar-refractivity contribution in [2.24, 2.45) is 5.92 Å². The minimum Gasteiger partial charge on any atom is -0.479 e. The minimum atomic E-state index is -4.44. The van der Waals surface area contributed by atoms with Crippen LogP contribution in [0.4, 0.5) is 26.3 Å². The maximum Gasteiger partial charge on any atom is 0.416 e. The number of rotatable bonds is 10. The van der Waals surface area contributed by atoms with Crippen molar-refractivity contribution in [1.29, 1.82) is 0 Å². The second kappa shape index (κ2) is 16.5. The van der Waals surface area contributed by atoms with Crippen LogP contribution in [0.15, 0.2) is 57.4 Å². The minimum absolute atomic E-state index is 0.0180. The van der Waals surface area contributed by atoms with Gasteiger partial charge in [0.15, 0.2) is 6.10 Å². The van der Waals surface area contributed by atoms with Crippen LogP contribution in [-0.4, -0.2) is 39.9 Å². The second-order valence-corrected chi connectivity index (χ2v) is 12.4. The first-order valence-corrected chi connectivity index (χ1v) is 16.9. The van der Waals surface area contributed by atoms with Crippen molar-refractivity contribution in [2.75, 3.05) is 6.61 Å². The number of aliphatic carboxylic acids is 1. The number of carboxylic acid groups (broad SMARTS) is 1. The molecule has 0 saturated heterocycles. The van der Waals surface area contributed by atoms with E-state index in [4.69, 9.17) is 23.4 Å². The Morgan fingerprint density at radius 2 is 1.45 bits per heavy atom. The van der Waals surface area contributed by atoms with E-state index in [9.17, 15) is 31.1 Å². The first-order chi connectivity index (χ1) is 23.0. The molecule has 1 fully saturated rings. The average molecular weight is 809 g/mol. The fourth-order valence-corrected chi connectivity index (χ4v) is 5.82. The van der Waals surface area contributed by atoms with Crippen LogP contribution >= 0.6 is 22.6 Å². The van der Waals surface area contributed by atoms with Crippen LogP contribution in [0.25, 0.3) is 22.9 Å². The molecular weight excluding hydrogens is 773 g/mol. The third-order valence-corrected chi connectivity index (χ3v) is 8.63. The SMILES string of the molecule is Cc1oc(-c2cccc(C(F)(F)F)c2)nc1CI.Cc1oc(-c2cccc(C(F)(F)F)c2)nc1CO[C@@H]1CCC[C@H](COC(C)C(=O)O)C1. The van der Waals surface area contributed by atoms with E-state index >= 15 is 0 Å². The molecule has 1 aliphatic carbocycles. The van der Waals surface area contributed by atoms with Crippen molar-refractivity contribution in [3.05, 3.63) is 82.6 Å². The maximum atomic E-state index is 13.0. The van der Waals surface area contributed by atoms with Crippen LogP contribution in [-0.2, 0) is 37.7 Å². The standard InChI is InChI=1S/C22H26F3NO5.C12H9F3INO/c1-13-19(26-20(31-13)16-6-4-7-17(10-16)22(23,24)25)12-30-18-8-3-5-15(9-18)11-29-14(2)21(27)28;1-7-10(6-16)17-11(18-7)8-3-2-4-9(5-8)12(13,14)15/h4,6-7,10,14-15,18H,3,5,8-9,11-12H2,1-2H3,(H,27,28);2-5H,6H2,1H3/t14?,15-,18+;/m0./s1. The molecule has 0 spiro atoms. The number of aromatic nitrogens is 2. The summed E-state index contributed by atoms with van der Waals surface area (Å²) >= 11 is 2.13. The lowest BCUT2D eigenvalue weighted by Gasteiger charge is -2.29. The molecule has 1 N–H and O–H groups in total. The van der Waals surface area contributed by atoms with Crippen molar-refractivity contribution in [2.45, 2.75) is 82.0 Å². The lowest BCUT2D eigenvalue weighted by molar-refractivity contribution is -0.150. The smallest absolute Gasteiger partial charge is 0.416 e. The monoisotopic (exact) mass is 808 g/mol. The van der Waals surface area contributed by atoms with Crippen molar-refractivity contribution in [3.63, 3.8) is 0 Å². The van der Waals surface area contributed by atoms with Crippen LogP contribution < -0.4 is 0 Å². The first kappa shape index (κ1) is 38.4. The molecule has 1 unspecified atom stereocenters. The number of ether oxygens (including phenoxy) is 2. The van der Waals surface area contributed by atoms with E-state index in [0.29, 0.717) is 33.8 Å². The molecule has 0 radical (unpaired) electrons. The van der Waals surface area contributed by atoms with E-state index in [0.717, 1.165) is 55.6 Å². The molecule has 3 atom stereocenters. The van der Waals surface area contributed by atoms with E-state index in [1.165, 1.54) is 25.1 Å². The molecule has 0 amide bonds. The molecule has 8 nitrogen and oxygen atoms in total. The second-order valence-electron chi connectivity index (χ2n) is 11.6. The number of nitrogens with zero attached hydrogens (tertiary/aromatic N) is 2. The van der Waals surface area contributed by atoms with Crippen LogP contribution in [0.5, 0.6) is 0 Å². The normalized spacial score (nSPS) is 17.3. The van der Waals surface area contributed by atoms with Gasteiger partial charge < -0.3 is 23.4 Å². The number of benzene rings is 2. The predicted molar refractivity (Wildman–Crippen MR) is 175 cm³/mol. The van der Waals surface area contributed by atoms with E-state index in [2.05, 4.69) is 32.6 Å². The quantitative estimate of drug-likeness (QED) is 0.0959. The Bertz CT molecular complexity index is 1700. The van der Waals surface area contributed by atoms with E-state index in [1.54, 1.807) is 19.9 Å². The number of halogens is 7. The van der Waals surface area contributed by atoms with Crippen molar-refractivity contribution in [1.82, 2.24) is 9.97 Å². The van der Waals surface area contributed by atoms with Crippen molar-refractivity contribution >= 4 is 28.6 Å². The zero-order valence-corrected chi connectivity index (χ0v) is 29.0. The molecule has 15 heteroatoms. The number of oxazole rings is 2. The highest BCUT2D eigenvalue weighted by atomic mass is 127. The highest BCUT2D eigenvalue weighted by Crippen LogP contribution is 2.34. The summed E-state index contributed by atoms with van der Waals surface area (Å²) in [7, 11) is 0. The predicted octanol–water partition coefficient (Wildman–Crippen LogP) is 9.84. The number of carboxylic acids is 1. The summed E-state index contributed by atoms with van der Waals surface area (Å²) in [6.07, 6.45) is -6.12. The van der Waals surface area contributed by atoms with Gasteiger partial charge in [-0.2, -0.15) is 26.3 Å². The molecule has 0 aliphatic heterocycles. The van der Waals surface area contributed by atoms with Gasteiger partial charge in [0, 0.05) is 15.6 Å².